The van der Waals surface area contributed by atoms with Gasteiger partial charge in [-0.3, -0.25) is 4.79 Å². The first kappa shape index (κ1) is 18.1. The lowest BCUT2D eigenvalue weighted by atomic mass is 10.3. The van der Waals surface area contributed by atoms with Crippen LogP contribution in [0.15, 0.2) is 36.4 Å². The zero-order valence-corrected chi connectivity index (χ0v) is 15.9. The molecule has 0 saturated heterocycles. The van der Waals surface area contributed by atoms with E-state index in [9.17, 15) is 9.59 Å². The number of rotatable bonds is 6. The molecule has 1 amide bonds. The second-order valence-electron chi connectivity index (χ2n) is 5.80. The highest BCUT2D eigenvalue weighted by Crippen LogP contribution is 2.30. The highest BCUT2D eigenvalue weighted by atomic mass is 32.1. The number of ether oxygens (including phenoxy) is 1. The minimum atomic E-state index is -0.481. The van der Waals surface area contributed by atoms with Gasteiger partial charge in [-0.25, -0.2) is 9.48 Å². The number of para-hydroxylation sites is 1. The van der Waals surface area contributed by atoms with E-state index in [4.69, 9.17) is 4.74 Å². The van der Waals surface area contributed by atoms with Crippen LogP contribution in [0, 0.1) is 6.92 Å². The van der Waals surface area contributed by atoms with Crippen molar-refractivity contribution in [2.45, 2.75) is 20.8 Å². The maximum atomic E-state index is 12.4. The molecule has 0 unspecified atom stereocenters. The number of aromatic nitrogens is 2. The van der Waals surface area contributed by atoms with Gasteiger partial charge in [0.05, 0.1) is 11.4 Å². The maximum Gasteiger partial charge on any atom is 0.348 e. The van der Waals surface area contributed by atoms with Crippen molar-refractivity contribution in [3.8, 4) is 5.69 Å². The summed E-state index contributed by atoms with van der Waals surface area (Å²) < 4.78 is 7.04. The molecule has 0 atom stereocenters. The third-order valence-electron chi connectivity index (χ3n) is 4.19. The molecule has 0 aliphatic rings. The topological polar surface area (TPSA) is 64.4 Å². The van der Waals surface area contributed by atoms with E-state index in [1.807, 2.05) is 55.8 Å². The molecule has 2 aromatic heterocycles. The number of thiophene rings is 1. The van der Waals surface area contributed by atoms with Crippen LogP contribution in [0.1, 0.15) is 29.2 Å². The third kappa shape index (κ3) is 3.48. The van der Waals surface area contributed by atoms with Gasteiger partial charge < -0.3 is 9.64 Å². The summed E-state index contributed by atoms with van der Waals surface area (Å²) in [5.41, 5.74) is 1.78. The zero-order chi connectivity index (χ0) is 18.7. The molecule has 136 valence electrons. The molecule has 0 bridgehead atoms. The molecule has 0 fully saturated rings. The number of hydrogen-bond acceptors (Lipinski definition) is 5. The summed E-state index contributed by atoms with van der Waals surface area (Å²) in [5.74, 6) is -0.665. The number of fused-ring (bicyclic) bond motifs is 1. The van der Waals surface area contributed by atoms with Crippen LogP contribution < -0.4 is 0 Å². The van der Waals surface area contributed by atoms with Gasteiger partial charge in [0.15, 0.2) is 6.61 Å². The summed E-state index contributed by atoms with van der Waals surface area (Å²) in [4.78, 5) is 27.3. The molecule has 0 aliphatic heterocycles. The summed E-state index contributed by atoms with van der Waals surface area (Å²) >= 11 is 1.32. The Morgan fingerprint density at radius 1 is 1.19 bits per heavy atom. The van der Waals surface area contributed by atoms with Gasteiger partial charge in [-0.15, -0.1) is 11.3 Å². The molecular formula is C19H21N3O3S. The SMILES string of the molecule is CCN(CC)C(=O)COC(=O)c1cc2c(C)nn(-c3ccccc3)c2s1. The van der Waals surface area contributed by atoms with Crippen LogP contribution in [0.25, 0.3) is 15.9 Å². The summed E-state index contributed by atoms with van der Waals surface area (Å²) in [5, 5.41) is 5.47. The molecule has 0 saturated carbocycles. The number of aryl methyl sites for hydroxylation is 1. The zero-order valence-electron chi connectivity index (χ0n) is 15.1. The van der Waals surface area contributed by atoms with Crippen molar-refractivity contribution in [2.75, 3.05) is 19.7 Å². The number of amides is 1. The van der Waals surface area contributed by atoms with Gasteiger partial charge in [-0.1, -0.05) is 18.2 Å². The summed E-state index contributed by atoms with van der Waals surface area (Å²) in [6, 6.07) is 11.5. The van der Waals surface area contributed by atoms with E-state index in [0.29, 0.717) is 18.0 Å². The number of carbonyl (C=O) groups excluding carboxylic acids is 2. The van der Waals surface area contributed by atoms with Crippen molar-refractivity contribution in [2.24, 2.45) is 0 Å². The first-order chi connectivity index (χ1) is 12.5. The minimum absolute atomic E-state index is 0.184. The lowest BCUT2D eigenvalue weighted by molar-refractivity contribution is -0.134. The van der Waals surface area contributed by atoms with Gasteiger partial charge in [0, 0.05) is 18.5 Å². The van der Waals surface area contributed by atoms with Gasteiger partial charge in [0.2, 0.25) is 0 Å². The van der Waals surface area contributed by atoms with E-state index in [1.54, 1.807) is 11.0 Å². The minimum Gasteiger partial charge on any atom is -0.451 e. The molecule has 2 heterocycles. The van der Waals surface area contributed by atoms with Crippen molar-refractivity contribution in [3.05, 3.63) is 47.0 Å². The van der Waals surface area contributed by atoms with Crippen LogP contribution in [0.4, 0.5) is 0 Å². The van der Waals surface area contributed by atoms with E-state index >= 15 is 0 Å². The van der Waals surface area contributed by atoms with Crippen LogP contribution in [0.2, 0.25) is 0 Å². The Balaban J connectivity index is 1.81. The maximum absolute atomic E-state index is 12.4. The third-order valence-corrected chi connectivity index (χ3v) is 5.28. The molecule has 0 radical (unpaired) electrons. The lowest BCUT2D eigenvalue weighted by Gasteiger charge is -2.17. The van der Waals surface area contributed by atoms with E-state index in [0.717, 1.165) is 21.6 Å². The molecule has 1 aromatic carbocycles. The second kappa shape index (κ2) is 7.70. The van der Waals surface area contributed by atoms with Crippen LogP contribution >= 0.6 is 11.3 Å². The number of esters is 1. The van der Waals surface area contributed by atoms with Crippen molar-refractivity contribution in [1.82, 2.24) is 14.7 Å². The fourth-order valence-electron chi connectivity index (χ4n) is 2.76. The summed E-state index contributed by atoms with van der Waals surface area (Å²) in [7, 11) is 0. The fraction of sp³-hybridized carbons (Fsp3) is 0.316. The normalized spacial score (nSPS) is 10.9. The van der Waals surface area contributed by atoms with E-state index in [2.05, 4.69) is 5.10 Å². The monoisotopic (exact) mass is 371 g/mol. The standard InChI is InChI=1S/C19H21N3O3S/c1-4-21(5-2)17(23)12-25-19(24)16-11-15-13(3)20-22(18(15)26-16)14-9-7-6-8-10-14/h6-11H,4-5,12H2,1-3H3. The number of likely N-dealkylation sites (N-methyl/N-ethyl adjacent to an activating group) is 1. The van der Waals surface area contributed by atoms with Crippen LogP contribution in [0.5, 0.6) is 0 Å². The van der Waals surface area contributed by atoms with E-state index < -0.39 is 5.97 Å². The van der Waals surface area contributed by atoms with Crippen LogP contribution in [-0.2, 0) is 9.53 Å². The fourth-order valence-corrected chi connectivity index (χ4v) is 3.83. The van der Waals surface area contributed by atoms with Gasteiger partial charge in [0.1, 0.15) is 9.71 Å². The molecule has 26 heavy (non-hydrogen) atoms. The molecule has 0 spiro atoms. The smallest absolute Gasteiger partial charge is 0.348 e. The average molecular weight is 371 g/mol. The number of hydrogen-bond donors (Lipinski definition) is 0. The molecule has 0 aliphatic carbocycles. The Morgan fingerprint density at radius 2 is 1.88 bits per heavy atom. The van der Waals surface area contributed by atoms with Gasteiger partial charge in [-0.2, -0.15) is 5.10 Å². The van der Waals surface area contributed by atoms with Gasteiger partial charge in [-0.05, 0) is 39.0 Å². The predicted molar refractivity (Wildman–Crippen MR) is 102 cm³/mol. The number of nitrogens with zero attached hydrogens (tertiary/aromatic N) is 3. The first-order valence-corrected chi connectivity index (χ1v) is 9.36. The molecule has 0 N–H and O–H groups in total. The molecule has 6 nitrogen and oxygen atoms in total. The van der Waals surface area contributed by atoms with Crippen molar-refractivity contribution < 1.29 is 14.3 Å². The average Bonchev–Trinajstić information content (AvgIpc) is 3.22. The summed E-state index contributed by atoms with van der Waals surface area (Å²) in [6.45, 7) is 6.66. The van der Waals surface area contributed by atoms with E-state index in [-0.39, 0.29) is 12.5 Å². The lowest BCUT2D eigenvalue weighted by Crippen LogP contribution is -2.34. The summed E-state index contributed by atoms with van der Waals surface area (Å²) in [6.07, 6.45) is 0. The Bertz CT molecular complexity index is 926. The number of carbonyl (C=O) groups is 2. The van der Waals surface area contributed by atoms with Gasteiger partial charge in [0.25, 0.3) is 5.91 Å². The molecule has 3 aromatic rings. The molecule has 7 heteroatoms. The highest BCUT2D eigenvalue weighted by Gasteiger charge is 2.19. The Hall–Kier alpha value is -2.67. The molecule has 3 rings (SSSR count). The number of benzene rings is 1. The second-order valence-corrected chi connectivity index (χ2v) is 6.84. The van der Waals surface area contributed by atoms with E-state index in [1.165, 1.54) is 11.3 Å². The predicted octanol–water partition coefficient (Wildman–Crippen LogP) is 3.42. The van der Waals surface area contributed by atoms with Crippen molar-refractivity contribution >= 4 is 33.4 Å². The largest absolute Gasteiger partial charge is 0.451 e. The quantitative estimate of drug-likeness (QED) is 0.623. The van der Waals surface area contributed by atoms with Crippen LogP contribution in [-0.4, -0.2) is 46.3 Å². The van der Waals surface area contributed by atoms with Crippen molar-refractivity contribution in [1.29, 1.82) is 0 Å². The van der Waals surface area contributed by atoms with Crippen molar-refractivity contribution in [3.63, 3.8) is 0 Å². The molecular weight excluding hydrogens is 350 g/mol. The van der Waals surface area contributed by atoms with Gasteiger partial charge >= 0.3 is 5.97 Å². The first-order valence-electron chi connectivity index (χ1n) is 8.54. The Morgan fingerprint density at radius 3 is 2.54 bits per heavy atom. The Labute approximate surface area is 156 Å². The van der Waals surface area contributed by atoms with Crippen LogP contribution in [0.3, 0.4) is 0 Å². The highest BCUT2D eigenvalue weighted by molar-refractivity contribution is 7.20. The Kier molecular flexibility index (Phi) is 5.37.